The molecule has 1 aliphatic heterocycles. The first-order valence-corrected chi connectivity index (χ1v) is 19.1. The van der Waals surface area contributed by atoms with E-state index in [1.165, 1.54) is 33.0 Å². The molecule has 0 radical (unpaired) electrons. The highest BCUT2D eigenvalue weighted by Gasteiger charge is 2.24. The average molecular weight is 718 g/mol. The molecule has 11 rings (SSSR count). The summed E-state index contributed by atoms with van der Waals surface area (Å²) in [6, 6.07) is 68.6. The van der Waals surface area contributed by atoms with Gasteiger partial charge in [0.1, 0.15) is 17.0 Å². The molecule has 1 N–H and O–H groups in total. The largest absolute Gasteiger partial charge is 0.456 e. The molecule has 8 aromatic carbocycles. The maximum Gasteiger partial charge on any atom is 0.135 e. The molecule has 4 heteroatoms. The monoisotopic (exact) mass is 717 g/mol. The predicted octanol–water partition coefficient (Wildman–Crippen LogP) is 13.1. The van der Waals surface area contributed by atoms with Crippen molar-refractivity contribution < 1.29 is 4.42 Å². The van der Waals surface area contributed by atoms with Crippen molar-refractivity contribution in [3.63, 3.8) is 0 Å². The number of rotatable bonds is 6. The van der Waals surface area contributed by atoms with Crippen molar-refractivity contribution in [2.75, 3.05) is 0 Å². The van der Waals surface area contributed by atoms with Crippen LogP contribution in [0.5, 0.6) is 0 Å². The van der Waals surface area contributed by atoms with Crippen LogP contribution < -0.4 is 5.32 Å². The Labute approximate surface area is 324 Å². The Balaban J connectivity index is 1.05. The van der Waals surface area contributed by atoms with Crippen molar-refractivity contribution in [3.8, 4) is 27.9 Å². The molecule has 1 unspecified atom stereocenters. The van der Waals surface area contributed by atoms with E-state index in [1.54, 1.807) is 0 Å². The number of benzene rings is 8. The van der Waals surface area contributed by atoms with Crippen molar-refractivity contribution in [3.05, 3.63) is 217 Å². The molecule has 1 aliphatic rings. The van der Waals surface area contributed by atoms with Gasteiger partial charge in [0.2, 0.25) is 0 Å². The van der Waals surface area contributed by atoms with Crippen molar-refractivity contribution in [2.24, 2.45) is 4.99 Å². The summed E-state index contributed by atoms with van der Waals surface area (Å²) in [4.78, 5) is 5.28. The Morgan fingerprint density at radius 2 is 1.05 bits per heavy atom. The first kappa shape index (κ1) is 32.0. The highest BCUT2D eigenvalue weighted by Crippen LogP contribution is 2.40. The smallest absolute Gasteiger partial charge is 0.135 e. The van der Waals surface area contributed by atoms with Crippen molar-refractivity contribution >= 4 is 55.3 Å². The van der Waals surface area contributed by atoms with Crippen LogP contribution in [0.4, 0.5) is 0 Å². The van der Waals surface area contributed by atoms with Gasteiger partial charge in [0.15, 0.2) is 0 Å². The molecule has 10 aromatic rings. The van der Waals surface area contributed by atoms with Gasteiger partial charge in [-0.25, -0.2) is 4.99 Å². The lowest BCUT2D eigenvalue weighted by Gasteiger charge is -2.25. The van der Waals surface area contributed by atoms with Gasteiger partial charge < -0.3 is 14.3 Å². The number of hydrogen-bond donors (Lipinski definition) is 1. The van der Waals surface area contributed by atoms with Gasteiger partial charge in [-0.1, -0.05) is 152 Å². The average Bonchev–Trinajstić information content (AvgIpc) is 3.82. The molecule has 1 atom stereocenters. The molecule has 0 saturated heterocycles. The molecule has 4 nitrogen and oxygen atoms in total. The SMILES string of the molecule is C1=C(c2cccc(-c3ccc(-c4ccccc4)cc3)c2)N=C(c2ccccc2)NC1c1cccc2c1c1ccccc1n2-c1ccc2oc3ccccc3c2c1. The summed E-state index contributed by atoms with van der Waals surface area (Å²) in [6.07, 6.45) is 2.29. The molecule has 0 bridgehead atoms. The van der Waals surface area contributed by atoms with Gasteiger partial charge in [-0.2, -0.15) is 0 Å². The standard InChI is InChI=1S/C52H35N3O/c1-3-13-34(14-4-1)35-25-27-36(28-26-35)38-17-11-18-39(31-38)45-33-46(54-52(53-45)37-15-5-2-6-16-37)42-21-12-23-48-51(42)43-20-7-9-22-47(43)55(48)40-29-30-50-44(32-40)41-19-8-10-24-49(41)56-50/h1-33,46H,(H,53,54). The molecule has 0 amide bonds. The van der Waals surface area contributed by atoms with Gasteiger partial charge in [-0.05, 0) is 76.4 Å². The fourth-order valence-corrected chi connectivity index (χ4v) is 8.39. The Morgan fingerprint density at radius 3 is 1.88 bits per heavy atom. The van der Waals surface area contributed by atoms with Gasteiger partial charge in [0.25, 0.3) is 0 Å². The third-order valence-electron chi connectivity index (χ3n) is 11.1. The summed E-state index contributed by atoms with van der Waals surface area (Å²) in [6.45, 7) is 0. The first-order valence-electron chi connectivity index (χ1n) is 19.1. The van der Waals surface area contributed by atoms with Crippen LogP contribution in [-0.2, 0) is 0 Å². The van der Waals surface area contributed by atoms with Gasteiger partial charge in [0.05, 0.1) is 22.8 Å². The minimum atomic E-state index is -0.144. The summed E-state index contributed by atoms with van der Waals surface area (Å²) in [5.74, 6) is 0.851. The second kappa shape index (κ2) is 13.2. The number of hydrogen-bond acceptors (Lipinski definition) is 3. The van der Waals surface area contributed by atoms with E-state index in [9.17, 15) is 0 Å². The second-order valence-electron chi connectivity index (χ2n) is 14.4. The van der Waals surface area contributed by atoms with E-state index in [1.807, 2.05) is 18.2 Å². The lowest BCUT2D eigenvalue weighted by molar-refractivity contribution is 0.669. The van der Waals surface area contributed by atoms with Crippen LogP contribution in [0.25, 0.3) is 77.4 Å². The van der Waals surface area contributed by atoms with Gasteiger partial charge in [0, 0.05) is 38.4 Å². The summed E-state index contributed by atoms with van der Waals surface area (Å²) in [5.41, 5.74) is 14.2. The maximum atomic E-state index is 6.21. The van der Waals surface area contributed by atoms with E-state index in [-0.39, 0.29) is 6.04 Å². The highest BCUT2D eigenvalue weighted by molar-refractivity contribution is 6.13. The van der Waals surface area contributed by atoms with E-state index >= 15 is 0 Å². The number of furan rings is 1. The summed E-state index contributed by atoms with van der Waals surface area (Å²) in [5, 5.41) is 8.51. The van der Waals surface area contributed by atoms with Crippen LogP contribution in [-0.4, -0.2) is 10.4 Å². The zero-order chi connectivity index (χ0) is 37.0. The van der Waals surface area contributed by atoms with Gasteiger partial charge in [-0.15, -0.1) is 0 Å². The normalized spacial score (nSPS) is 14.2. The van der Waals surface area contributed by atoms with Crippen molar-refractivity contribution in [1.29, 1.82) is 0 Å². The molecular formula is C52H35N3O. The fraction of sp³-hybridized carbons (Fsp3) is 0.0192. The van der Waals surface area contributed by atoms with Crippen molar-refractivity contribution in [1.82, 2.24) is 9.88 Å². The topological polar surface area (TPSA) is 42.5 Å². The summed E-state index contributed by atoms with van der Waals surface area (Å²) < 4.78 is 8.60. The first-order chi connectivity index (χ1) is 27.7. The van der Waals surface area contributed by atoms with Crippen LogP contribution in [0, 0.1) is 0 Å². The molecule has 264 valence electrons. The van der Waals surface area contributed by atoms with Crippen LogP contribution in [0.15, 0.2) is 210 Å². The lowest BCUT2D eigenvalue weighted by Crippen LogP contribution is -2.31. The van der Waals surface area contributed by atoms with Crippen LogP contribution in [0.3, 0.4) is 0 Å². The number of amidine groups is 1. The number of aliphatic imine (C=N–C) groups is 1. The summed E-state index contributed by atoms with van der Waals surface area (Å²) in [7, 11) is 0. The summed E-state index contributed by atoms with van der Waals surface area (Å²) >= 11 is 0. The molecule has 3 heterocycles. The van der Waals surface area contributed by atoms with E-state index < -0.39 is 0 Å². The Kier molecular flexibility index (Phi) is 7.52. The molecule has 0 spiro atoms. The predicted molar refractivity (Wildman–Crippen MR) is 232 cm³/mol. The third kappa shape index (κ3) is 5.42. The molecule has 0 fully saturated rings. The maximum absolute atomic E-state index is 6.21. The zero-order valence-electron chi connectivity index (χ0n) is 30.4. The third-order valence-corrected chi connectivity index (χ3v) is 11.1. The Hall–Kier alpha value is -7.43. The van der Waals surface area contributed by atoms with Crippen molar-refractivity contribution in [2.45, 2.75) is 6.04 Å². The zero-order valence-corrected chi connectivity index (χ0v) is 30.4. The van der Waals surface area contributed by atoms with E-state index in [0.717, 1.165) is 66.9 Å². The lowest BCUT2D eigenvalue weighted by atomic mass is 9.95. The van der Waals surface area contributed by atoms with Crippen LogP contribution >= 0.6 is 0 Å². The molecule has 2 aromatic heterocycles. The quantitative estimate of drug-likeness (QED) is 0.186. The van der Waals surface area contributed by atoms with Gasteiger partial charge >= 0.3 is 0 Å². The minimum absolute atomic E-state index is 0.144. The highest BCUT2D eigenvalue weighted by atomic mass is 16.3. The second-order valence-corrected chi connectivity index (χ2v) is 14.4. The number of para-hydroxylation sites is 2. The van der Waals surface area contributed by atoms with Gasteiger partial charge in [-0.3, -0.25) is 0 Å². The molecule has 0 aliphatic carbocycles. The number of nitrogens with zero attached hydrogens (tertiary/aromatic N) is 2. The van der Waals surface area contributed by atoms with Crippen LogP contribution in [0.2, 0.25) is 0 Å². The Bertz CT molecular complexity index is 3150. The van der Waals surface area contributed by atoms with E-state index in [2.05, 4.69) is 192 Å². The van der Waals surface area contributed by atoms with E-state index in [0.29, 0.717) is 0 Å². The number of aromatic nitrogens is 1. The minimum Gasteiger partial charge on any atom is -0.456 e. The molecular weight excluding hydrogens is 683 g/mol. The number of nitrogens with one attached hydrogen (secondary N) is 1. The van der Waals surface area contributed by atoms with Crippen LogP contribution in [0.1, 0.15) is 22.7 Å². The number of fused-ring (bicyclic) bond motifs is 6. The molecule has 56 heavy (non-hydrogen) atoms. The van der Waals surface area contributed by atoms with E-state index in [4.69, 9.17) is 9.41 Å². The Morgan fingerprint density at radius 1 is 0.446 bits per heavy atom. The fourth-order valence-electron chi connectivity index (χ4n) is 8.39. The molecule has 0 saturated carbocycles.